The standard InChI is InChI=1S/C21H15ClN2O6/c22-17-11-8-15(12-18(17)24(28)29)23-20(26)19(13-4-2-1-3-5-13)30-21(27)14-6-9-16(25)10-7-14/h1-12,19,25H,(H,23,26). The molecule has 0 spiro atoms. The maximum atomic E-state index is 12.9. The minimum Gasteiger partial charge on any atom is -0.508 e. The number of carbonyl (C=O) groups is 2. The summed E-state index contributed by atoms with van der Waals surface area (Å²) in [6, 6.07) is 17.5. The van der Waals surface area contributed by atoms with Gasteiger partial charge < -0.3 is 15.2 Å². The van der Waals surface area contributed by atoms with E-state index in [2.05, 4.69) is 5.32 Å². The summed E-state index contributed by atoms with van der Waals surface area (Å²) < 4.78 is 5.41. The van der Waals surface area contributed by atoms with Gasteiger partial charge in [0.2, 0.25) is 6.10 Å². The van der Waals surface area contributed by atoms with Crippen molar-refractivity contribution >= 4 is 34.9 Å². The predicted octanol–water partition coefficient (Wildman–Crippen LogP) is 4.49. The van der Waals surface area contributed by atoms with E-state index in [0.29, 0.717) is 5.56 Å². The molecule has 0 bridgehead atoms. The molecule has 0 aromatic heterocycles. The van der Waals surface area contributed by atoms with E-state index in [1.165, 1.54) is 36.4 Å². The Balaban J connectivity index is 1.86. The van der Waals surface area contributed by atoms with Gasteiger partial charge in [0.15, 0.2) is 0 Å². The van der Waals surface area contributed by atoms with Crippen molar-refractivity contribution in [3.8, 4) is 5.75 Å². The Labute approximate surface area is 175 Å². The smallest absolute Gasteiger partial charge is 0.339 e. The zero-order valence-electron chi connectivity index (χ0n) is 15.3. The lowest BCUT2D eigenvalue weighted by Crippen LogP contribution is -2.26. The van der Waals surface area contributed by atoms with Crippen LogP contribution in [0, 0.1) is 10.1 Å². The number of rotatable bonds is 6. The average molecular weight is 427 g/mol. The normalized spacial score (nSPS) is 11.4. The summed E-state index contributed by atoms with van der Waals surface area (Å²) in [7, 11) is 0. The van der Waals surface area contributed by atoms with Gasteiger partial charge in [0.25, 0.3) is 11.6 Å². The number of phenolic OH excluding ortho intramolecular Hbond substituents is 1. The van der Waals surface area contributed by atoms with E-state index in [-0.39, 0.29) is 27.7 Å². The van der Waals surface area contributed by atoms with Crippen molar-refractivity contribution in [1.82, 2.24) is 0 Å². The van der Waals surface area contributed by atoms with Crippen molar-refractivity contribution in [2.24, 2.45) is 0 Å². The van der Waals surface area contributed by atoms with E-state index in [4.69, 9.17) is 16.3 Å². The molecule has 1 unspecified atom stereocenters. The van der Waals surface area contributed by atoms with Gasteiger partial charge in [-0.05, 0) is 36.4 Å². The van der Waals surface area contributed by atoms with E-state index in [1.807, 2.05) is 0 Å². The second-order valence-electron chi connectivity index (χ2n) is 6.16. The number of nitro benzene ring substituents is 1. The second kappa shape index (κ2) is 9.06. The highest BCUT2D eigenvalue weighted by Crippen LogP contribution is 2.29. The summed E-state index contributed by atoms with van der Waals surface area (Å²) >= 11 is 5.79. The van der Waals surface area contributed by atoms with E-state index in [9.17, 15) is 24.8 Å². The Hall–Kier alpha value is -3.91. The third kappa shape index (κ3) is 4.92. The van der Waals surface area contributed by atoms with Crippen LogP contribution in [0.4, 0.5) is 11.4 Å². The van der Waals surface area contributed by atoms with Gasteiger partial charge in [-0.1, -0.05) is 41.9 Å². The number of ether oxygens (including phenoxy) is 1. The fourth-order valence-corrected chi connectivity index (χ4v) is 2.80. The highest BCUT2D eigenvalue weighted by atomic mass is 35.5. The third-order valence-electron chi connectivity index (χ3n) is 4.08. The molecule has 2 N–H and O–H groups in total. The number of aromatic hydroxyl groups is 1. The topological polar surface area (TPSA) is 119 Å². The first kappa shape index (κ1) is 20.8. The first-order chi connectivity index (χ1) is 14.3. The van der Waals surface area contributed by atoms with Crippen LogP contribution in [0.5, 0.6) is 5.75 Å². The van der Waals surface area contributed by atoms with Crippen molar-refractivity contribution in [2.45, 2.75) is 6.10 Å². The van der Waals surface area contributed by atoms with Crippen LogP contribution in [-0.4, -0.2) is 21.9 Å². The van der Waals surface area contributed by atoms with Gasteiger partial charge in [-0.25, -0.2) is 4.79 Å². The van der Waals surface area contributed by atoms with Crippen molar-refractivity contribution in [3.63, 3.8) is 0 Å². The number of nitrogens with one attached hydrogen (secondary N) is 1. The first-order valence-electron chi connectivity index (χ1n) is 8.65. The van der Waals surface area contributed by atoms with Crippen LogP contribution >= 0.6 is 11.6 Å². The number of amides is 1. The molecule has 30 heavy (non-hydrogen) atoms. The Morgan fingerprint density at radius 1 is 1.03 bits per heavy atom. The average Bonchev–Trinajstić information content (AvgIpc) is 2.74. The molecule has 8 nitrogen and oxygen atoms in total. The molecule has 3 aromatic carbocycles. The number of benzene rings is 3. The van der Waals surface area contributed by atoms with Crippen molar-refractivity contribution < 1.29 is 24.4 Å². The van der Waals surface area contributed by atoms with Crippen LogP contribution in [0.2, 0.25) is 5.02 Å². The number of nitrogens with zero attached hydrogens (tertiary/aromatic N) is 1. The van der Waals surface area contributed by atoms with Crippen LogP contribution in [-0.2, 0) is 9.53 Å². The van der Waals surface area contributed by atoms with E-state index in [1.54, 1.807) is 30.3 Å². The van der Waals surface area contributed by atoms with Gasteiger partial charge in [-0.3, -0.25) is 14.9 Å². The second-order valence-corrected chi connectivity index (χ2v) is 6.56. The number of halogens is 1. The summed E-state index contributed by atoms with van der Waals surface area (Å²) in [5.41, 5.74) is 0.304. The van der Waals surface area contributed by atoms with Gasteiger partial charge in [0, 0.05) is 17.3 Å². The van der Waals surface area contributed by atoms with Crippen LogP contribution in [0.1, 0.15) is 22.0 Å². The summed E-state index contributed by atoms with van der Waals surface area (Å²) in [4.78, 5) is 35.8. The lowest BCUT2D eigenvalue weighted by atomic mass is 10.1. The molecular formula is C21H15ClN2O6. The molecule has 0 aliphatic rings. The molecule has 9 heteroatoms. The Bertz CT molecular complexity index is 1090. The quantitative estimate of drug-likeness (QED) is 0.340. The monoisotopic (exact) mass is 426 g/mol. The fourth-order valence-electron chi connectivity index (χ4n) is 2.61. The predicted molar refractivity (Wildman–Crippen MR) is 109 cm³/mol. The van der Waals surface area contributed by atoms with Crippen LogP contribution in [0.15, 0.2) is 72.8 Å². The van der Waals surface area contributed by atoms with Crippen molar-refractivity contribution in [3.05, 3.63) is 99.1 Å². The molecule has 0 aliphatic heterocycles. The maximum absolute atomic E-state index is 12.9. The molecule has 0 heterocycles. The Kier molecular flexibility index (Phi) is 6.29. The molecule has 3 rings (SSSR count). The molecule has 0 fully saturated rings. The van der Waals surface area contributed by atoms with Crippen LogP contribution < -0.4 is 5.32 Å². The van der Waals surface area contributed by atoms with E-state index in [0.717, 1.165) is 6.07 Å². The fraction of sp³-hybridized carbons (Fsp3) is 0.0476. The minimum atomic E-state index is -1.32. The Morgan fingerprint density at radius 3 is 2.33 bits per heavy atom. The number of hydrogen-bond donors (Lipinski definition) is 2. The third-order valence-corrected chi connectivity index (χ3v) is 4.40. The summed E-state index contributed by atoms with van der Waals surface area (Å²) in [6.45, 7) is 0. The summed E-state index contributed by atoms with van der Waals surface area (Å²) in [5.74, 6) is -1.50. The van der Waals surface area contributed by atoms with Gasteiger partial charge in [-0.15, -0.1) is 0 Å². The van der Waals surface area contributed by atoms with E-state index < -0.39 is 22.9 Å². The molecule has 3 aromatic rings. The molecule has 0 radical (unpaired) electrons. The molecule has 1 atom stereocenters. The Morgan fingerprint density at radius 2 is 1.70 bits per heavy atom. The zero-order chi connectivity index (χ0) is 21.7. The van der Waals surface area contributed by atoms with E-state index >= 15 is 0 Å². The largest absolute Gasteiger partial charge is 0.508 e. The zero-order valence-corrected chi connectivity index (χ0v) is 16.1. The maximum Gasteiger partial charge on any atom is 0.339 e. The molecule has 0 saturated carbocycles. The molecule has 0 aliphatic carbocycles. The highest BCUT2D eigenvalue weighted by Gasteiger charge is 2.26. The van der Waals surface area contributed by atoms with Gasteiger partial charge in [-0.2, -0.15) is 0 Å². The molecule has 0 saturated heterocycles. The number of esters is 1. The first-order valence-corrected chi connectivity index (χ1v) is 9.02. The molecular weight excluding hydrogens is 412 g/mol. The number of anilines is 1. The lowest BCUT2D eigenvalue weighted by Gasteiger charge is -2.18. The highest BCUT2D eigenvalue weighted by molar-refractivity contribution is 6.32. The van der Waals surface area contributed by atoms with Gasteiger partial charge >= 0.3 is 5.97 Å². The lowest BCUT2D eigenvalue weighted by molar-refractivity contribution is -0.384. The summed E-state index contributed by atoms with van der Waals surface area (Å²) in [5, 5.41) is 22.9. The van der Waals surface area contributed by atoms with Gasteiger partial charge in [0.1, 0.15) is 10.8 Å². The van der Waals surface area contributed by atoms with Crippen LogP contribution in [0.3, 0.4) is 0 Å². The number of carbonyl (C=O) groups excluding carboxylic acids is 2. The molecule has 152 valence electrons. The van der Waals surface area contributed by atoms with Gasteiger partial charge in [0.05, 0.1) is 10.5 Å². The number of hydrogen-bond acceptors (Lipinski definition) is 6. The number of phenols is 1. The summed E-state index contributed by atoms with van der Waals surface area (Å²) in [6.07, 6.45) is -1.32. The minimum absolute atomic E-state index is 0.0202. The molecule has 1 amide bonds. The van der Waals surface area contributed by atoms with Crippen molar-refractivity contribution in [1.29, 1.82) is 0 Å². The van der Waals surface area contributed by atoms with Crippen molar-refractivity contribution in [2.75, 3.05) is 5.32 Å². The van der Waals surface area contributed by atoms with Crippen LogP contribution in [0.25, 0.3) is 0 Å². The number of nitro groups is 1. The SMILES string of the molecule is O=C(OC(C(=O)Nc1ccc(Cl)c([N+](=O)[O-])c1)c1ccccc1)c1ccc(O)cc1.